The topological polar surface area (TPSA) is 131 Å². The van der Waals surface area contributed by atoms with Crippen LogP contribution in [-0.4, -0.2) is 34.3 Å². The van der Waals surface area contributed by atoms with Crippen molar-refractivity contribution >= 4 is 29.2 Å². The van der Waals surface area contributed by atoms with Crippen LogP contribution in [0.2, 0.25) is 0 Å². The van der Waals surface area contributed by atoms with Crippen LogP contribution in [0.3, 0.4) is 0 Å². The normalized spacial score (nSPS) is 18.7. The second kappa shape index (κ2) is 9.83. The van der Waals surface area contributed by atoms with Crippen LogP contribution < -0.4 is 16.8 Å². The first kappa shape index (κ1) is 24.3. The summed E-state index contributed by atoms with van der Waals surface area (Å²) in [7, 11) is 0. The molecule has 1 aliphatic heterocycles. The quantitative estimate of drug-likeness (QED) is 0.440. The van der Waals surface area contributed by atoms with Crippen LogP contribution in [0.15, 0.2) is 54.7 Å². The van der Waals surface area contributed by atoms with Gasteiger partial charge >= 0.3 is 6.03 Å². The maximum absolute atomic E-state index is 13.5. The second-order valence-corrected chi connectivity index (χ2v) is 9.65. The molecule has 182 valence electrons. The van der Waals surface area contributed by atoms with Crippen LogP contribution in [-0.2, 0) is 10.3 Å². The van der Waals surface area contributed by atoms with E-state index in [1.165, 1.54) is 29.7 Å². The number of aromatic nitrogens is 1. The first-order valence-corrected chi connectivity index (χ1v) is 12.0. The zero-order chi connectivity index (χ0) is 25.2. The van der Waals surface area contributed by atoms with Crippen LogP contribution in [0.5, 0.6) is 0 Å². The SMILES string of the molecule is CC(c1ccc(-c2ncc(C(N)=O)s2)cc1)N1CCC(CCC(N)=O)(c2ccc(F)cc2)NC1=O. The number of hydrogen-bond donors (Lipinski definition) is 3. The number of hydrogen-bond acceptors (Lipinski definition) is 5. The molecule has 2 atom stereocenters. The predicted octanol–water partition coefficient (Wildman–Crippen LogP) is 3.69. The van der Waals surface area contributed by atoms with Crippen LogP contribution in [0.4, 0.5) is 9.18 Å². The fraction of sp³-hybridized carbons (Fsp3) is 0.280. The summed E-state index contributed by atoms with van der Waals surface area (Å²) < 4.78 is 13.5. The van der Waals surface area contributed by atoms with Crippen LogP contribution in [0, 0.1) is 5.82 Å². The van der Waals surface area contributed by atoms with Crippen LogP contribution >= 0.6 is 11.3 Å². The average molecular weight is 496 g/mol. The number of urea groups is 1. The van der Waals surface area contributed by atoms with Gasteiger partial charge in [-0.1, -0.05) is 36.4 Å². The molecule has 35 heavy (non-hydrogen) atoms. The van der Waals surface area contributed by atoms with E-state index in [-0.39, 0.29) is 24.3 Å². The number of primary amides is 2. The minimum atomic E-state index is -0.803. The smallest absolute Gasteiger partial charge is 0.318 e. The van der Waals surface area contributed by atoms with E-state index in [4.69, 9.17) is 11.5 Å². The summed E-state index contributed by atoms with van der Waals surface area (Å²) in [6, 6.07) is 13.1. The van der Waals surface area contributed by atoms with Gasteiger partial charge in [0.1, 0.15) is 15.7 Å². The van der Waals surface area contributed by atoms with Gasteiger partial charge in [-0.2, -0.15) is 0 Å². The van der Waals surface area contributed by atoms with Crippen molar-refractivity contribution in [2.45, 2.75) is 37.8 Å². The van der Waals surface area contributed by atoms with Gasteiger partial charge in [0, 0.05) is 18.5 Å². The van der Waals surface area contributed by atoms with E-state index in [2.05, 4.69) is 10.3 Å². The molecule has 10 heteroatoms. The fourth-order valence-corrected chi connectivity index (χ4v) is 5.15. The highest BCUT2D eigenvalue weighted by molar-refractivity contribution is 7.16. The van der Waals surface area contributed by atoms with Gasteiger partial charge in [-0.05, 0) is 43.0 Å². The largest absolute Gasteiger partial charge is 0.370 e. The molecule has 1 fully saturated rings. The molecule has 2 heterocycles. The van der Waals surface area contributed by atoms with E-state index >= 15 is 0 Å². The molecule has 3 aromatic rings. The highest BCUT2D eigenvalue weighted by Gasteiger charge is 2.41. The Balaban J connectivity index is 1.51. The summed E-state index contributed by atoms with van der Waals surface area (Å²) in [5.74, 6) is -1.34. The van der Waals surface area contributed by atoms with Gasteiger partial charge in [0.25, 0.3) is 5.91 Å². The highest BCUT2D eigenvalue weighted by atomic mass is 32.1. The maximum atomic E-state index is 13.5. The number of rotatable bonds is 8. The van der Waals surface area contributed by atoms with Crippen LogP contribution in [0.1, 0.15) is 53.0 Å². The summed E-state index contributed by atoms with van der Waals surface area (Å²) >= 11 is 1.23. The number of nitrogens with zero attached hydrogens (tertiary/aromatic N) is 2. The molecule has 0 bridgehead atoms. The number of benzene rings is 2. The summed E-state index contributed by atoms with van der Waals surface area (Å²) in [4.78, 5) is 42.4. The monoisotopic (exact) mass is 495 g/mol. The zero-order valence-corrected chi connectivity index (χ0v) is 20.0. The third kappa shape index (κ3) is 5.17. The molecule has 1 aliphatic rings. The number of halogens is 1. The fourth-order valence-electron chi connectivity index (χ4n) is 4.38. The van der Waals surface area contributed by atoms with Crippen molar-refractivity contribution in [3.8, 4) is 10.6 Å². The van der Waals surface area contributed by atoms with Crippen LogP contribution in [0.25, 0.3) is 10.6 Å². The molecule has 1 saturated heterocycles. The van der Waals surface area contributed by atoms with Crippen molar-refractivity contribution in [3.05, 3.63) is 76.5 Å². The number of thiazole rings is 1. The highest BCUT2D eigenvalue weighted by Crippen LogP contribution is 2.36. The van der Waals surface area contributed by atoms with Gasteiger partial charge < -0.3 is 21.7 Å². The molecule has 5 N–H and O–H groups in total. The lowest BCUT2D eigenvalue weighted by molar-refractivity contribution is -0.118. The Hall–Kier alpha value is -3.79. The van der Waals surface area contributed by atoms with E-state index < -0.39 is 17.4 Å². The third-order valence-corrected chi connectivity index (χ3v) is 7.50. The molecule has 4 rings (SSSR count). The second-order valence-electron chi connectivity index (χ2n) is 8.62. The molecule has 0 radical (unpaired) electrons. The number of carbonyl (C=O) groups excluding carboxylic acids is 3. The summed E-state index contributed by atoms with van der Waals surface area (Å²) in [5, 5.41) is 3.76. The average Bonchev–Trinajstić information content (AvgIpc) is 3.34. The first-order chi connectivity index (χ1) is 16.7. The van der Waals surface area contributed by atoms with E-state index in [1.807, 2.05) is 31.2 Å². The molecular weight excluding hydrogens is 469 g/mol. The van der Waals surface area contributed by atoms with E-state index in [1.54, 1.807) is 17.0 Å². The molecular formula is C25H26FN5O3S. The Kier molecular flexibility index (Phi) is 6.83. The van der Waals surface area contributed by atoms with E-state index in [0.717, 1.165) is 16.7 Å². The predicted molar refractivity (Wildman–Crippen MR) is 131 cm³/mol. The van der Waals surface area contributed by atoms with Crippen molar-refractivity contribution < 1.29 is 18.8 Å². The van der Waals surface area contributed by atoms with E-state index in [0.29, 0.717) is 29.3 Å². The van der Waals surface area contributed by atoms with Gasteiger partial charge in [-0.15, -0.1) is 11.3 Å². The number of nitrogens with one attached hydrogen (secondary N) is 1. The molecule has 0 saturated carbocycles. The lowest BCUT2D eigenvalue weighted by atomic mass is 9.80. The van der Waals surface area contributed by atoms with Gasteiger partial charge in [0.15, 0.2) is 0 Å². The zero-order valence-electron chi connectivity index (χ0n) is 19.2. The molecule has 0 aliphatic carbocycles. The van der Waals surface area contributed by atoms with Crippen molar-refractivity contribution in [3.63, 3.8) is 0 Å². The lowest BCUT2D eigenvalue weighted by Gasteiger charge is -2.45. The third-order valence-electron chi connectivity index (χ3n) is 6.44. The number of amides is 4. The standard InChI is InChI=1S/C25H26FN5O3S/c1-15(16-2-4-17(5-3-16)23-29-14-20(35-23)22(28)33)31-13-12-25(30-24(31)34,11-10-21(27)32)18-6-8-19(26)9-7-18/h2-9,14-15H,10-13H2,1H3,(H2,27,32)(H2,28,33)(H,30,34). The van der Waals surface area contributed by atoms with Crippen molar-refractivity contribution in [2.24, 2.45) is 11.5 Å². The maximum Gasteiger partial charge on any atom is 0.318 e. The number of carbonyl (C=O) groups is 3. The van der Waals surface area contributed by atoms with E-state index in [9.17, 15) is 18.8 Å². The minimum absolute atomic E-state index is 0.100. The van der Waals surface area contributed by atoms with Gasteiger partial charge in [0.2, 0.25) is 5.91 Å². The molecule has 2 aromatic carbocycles. The summed E-state index contributed by atoms with van der Waals surface area (Å²) in [5.41, 5.74) is 12.4. The summed E-state index contributed by atoms with van der Waals surface area (Å²) in [6.07, 6.45) is 2.43. The number of nitrogens with two attached hydrogens (primary N) is 2. The molecule has 2 unspecified atom stereocenters. The Labute approximate surface area is 206 Å². The lowest BCUT2D eigenvalue weighted by Crippen LogP contribution is -2.58. The first-order valence-electron chi connectivity index (χ1n) is 11.2. The molecule has 8 nitrogen and oxygen atoms in total. The minimum Gasteiger partial charge on any atom is -0.370 e. The Morgan fingerprint density at radius 1 is 1.17 bits per heavy atom. The molecule has 0 spiro atoms. The van der Waals surface area contributed by atoms with Gasteiger partial charge in [0.05, 0.1) is 17.8 Å². The van der Waals surface area contributed by atoms with Crippen molar-refractivity contribution in [2.75, 3.05) is 6.54 Å². The Morgan fingerprint density at radius 3 is 2.43 bits per heavy atom. The van der Waals surface area contributed by atoms with Gasteiger partial charge in [-0.25, -0.2) is 14.2 Å². The Bertz CT molecular complexity index is 1240. The van der Waals surface area contributed by atoms with Crippen molar-refractivity contribution in [1.29, 1.82) is 0 Å². The summed E-state index contributed by atoms with van der Waals surface area (Å²) in [6.45, 7) is 2.39. The van der Waals surface area contributed by atoms with Gasteiger partial charge in [-0.3, -0.25) is 9.59 Å². The molecule has 4 amide bonds. The Morgan fingerprint density at radius 2 is 1.86 bits per heavy atom. The molecule has 1 aromatic heterocycles. The van der Waals surface area contributed by atoms with Crippen molar-refractivity contribution in [1.82, 2.24) is 15.2 Å².